The molecule has 1 heterocycles. The summed E-state index contributed by atoms with van der Waals surface area (Å²) in [6.07, 6.45) is 1.27. The van der Waals surface area contributed by atoms with Crippen molar-refractivity contribution in [2.24, 2.45) is 0 Å². The van der Waals surface area contributed by atoms with Gasteiger partial charge >= 0.3 is 0 Å². The Morgan fingerprint density at radius 1 is 0.839 bits per heavy atom. The minimum atomic E-state index is -1.40. The van der Waals surface area contributed by atoms with Crippen molar-refractivity contribution in [1.29, 1.82) is 0 Å². The molecule has 5 atom stereocenters. The number of rotatable bonds is 5. The number of hydrogen-bond donors (Lipinski definition) is 4. The van der Waals surface area contributed by atoms with Gasteiger partial charge in [0.05, 0.1) is 6.61 Å². The van der Waals surface area contributed by atoms with E-state index in [0.717, 1.165) is 11.1 Å². The zero-order valence-electron chi connectivity index (χ0n) is 17.5. The Bertz CT molecular complexity index is 863. The van der Waals surface area contributed by atoms with E-state index in [4.69, 9.17) is 16.3 Å². The smallest absolute Gasteiger partial charge is 0.113 e. The van der Waals surface area contributed by atoms with Crippen molar-refractivity contribution in [2.75, 3.05) is 6.61 Å². The highest BCUT2D eigenvalue weighted by Crippen LogP contribution is 2.35. The molecule has 6 heteroatoms. The van der Waals surface area contributed by atoms with E-state index < -0.39 is 37.1 Å². The van der Waals surface area contributed by atoms with Gasteiger partial charge in [-0.05, 0) is 53.5 Å². The predicted molar refractivity (Wildman–Crippen MR) is 119 cm³/mol. The van der Waals surface area contributed by atoms with Crippen molar-refractivity contribution < 1.29 is 25.2 Å². The maximum Gasteiger partial charge on any atom is 0.113 e. The summed E-state index contributed by atoms with van der Waals surface area (Å²) in [6.45, 7) is -0.449. The second-order valence-corrected chi connectivity index (χ2v) is 9.26. The number of hydrogen-bond acceptors (Lipinski definition) is 5. The quantitative estimate of drug-likeness (QED) is 0.564. The van der Waals surface area contributed by atoms with Gasteiger partial charge in [0.1, 0.15) is 30.5 Å². The summed E-state index contributed by atoms with van der Waals surface area (Å²) in [4.78, 5) is 0. The maximum atomic E-state index is 10.4. The number of halogens is 1. The van der Waals surface area contributed by atoms with Gasteiger partial charge in [0.2, 0.25) is 0 Å². The average Bonchev–Trinajstić information content (AvgIpc) is 2.80. The van der Waals surface area contributed by atoms with Gasteiger partial charge < -0.3 is 25.2 Å². The standard InChI is InChI=1S/C25H31ClO5/c26-20-11-10-18(25-24(30)23(29)22(28)21(14-27)31-25)13-19(20)12-15-6-8-17(9-7-15)16-4-2-1-3-5-16/h6-11,13,16,21-25,27-30H,1-5,12,14H2/t21-,22-,23+,24-,25?/m1/s1. The van der Waals surface area contributed by atoms with E-state index in [1.165, 1.54) is 37.7 Å². The van der Waals surface area contributed by atoms with Crippen molar-refractivity contribution in [3.8, 4) is 0 Å². The summed E-state index contributed by atoms with van der Waals surface area (Å²) < 4.78 is 5.69. The van der Waals surface area contributed by atoms with Gasteiger partial charge in [0.15, 0.2) is 0 Å². The summed E-state index contributed by atoms with van der Waals surface area (Å²) >= 11 is 6.45. The fraction of sp³-hybridized carbons (Fsp3) is 0.520. The monoisotopic (exact) mass is 446 g/mol. The van der Waals surface area contributed by atoms with Crippen LogP contribution in [0.3, 0.4) is 0 Å². The molecule has 0 spiro atoms. The molecule has 0 amide bonds. The predicted octanol–water partition coefficient (Wildman–Crippen LogP) is 3.49. The highest BCUT2D eigenvalue weighted by molar-refractivity contribution is 6.31. The van der Waals surface area contributed by atoms with E-state index in [1.807, 2.05) is 6.07 Å². The van der Waals surface area contributed by atoms with Crippen molar-refractivity contribution in [3.05, 3.63) is 69.7 Å². The van der Waals surface area contributed by atoms with E-state index in [2.05, 4.69) is 24.3 Å². The Morgan fingerprint density at radius 2 is 1.52 bits per heavy atom. The second kappa shape index (κ2) is 9.99. The van der Waals surface area contributed by atoms with Crippen LogP contribution in [-0.4, -0.2) is 51.4 Å². The molecule has 5 nitrogen and oxygen atoms in total. The van der Waals surface area contributed by atoms with Crippen LogP contribution in [0, 0.1) is 0 Å². The average molecular weight is 447 g/mol. The SMILES string of the molecule is OC[C@H]1OC(c2ccc(Cl)c(Cc3ccc(C4CCCCC4)cc3)c2)[C@H](O)[C@@H](O)[C@@H]1O. The van der Waals surface area contributed by atoms with Crippen molar-refractivity contribution in [3.63, 3.8) is 0 Å². The van der Waals surface area contributed by atoms with E-state index >= 15 is 0 Å². The third-order valence-corrected chi connectivity index (χ3v) is 7.11. The van der Waals surface area contributed by atoms with Crippen LogP contribution in [0.15, 0.2) is 42.5 Å². The first kappa shape index (κ1) is 22.7. The molecule has 4 rings (SSSR count). The fourth-order valence-corrected chi connectivity index (χ4v) is 5.03. The number of benzene rings is 2. The van der Waals surface area contributed by atoms with Crippen LogP contribution < -0.4 is 0 Å². The fourth-order valence-electron chi connectivity index (χ4n) is 4.85. The van der Waals surface area contributed by atoms with E-state index in [9.17, 15) is 20.4 Å². The van der Waals surface area contributed by atoms with E-state index in [-0.39, 0.29) is 0 Å². The van der Waals surface area contributed by atoms with Crippen LogP contribution in [0.4, 0.5) is 0 Å². The molecule has 2 aliphatic rings. The zero-order valence-corrected chi connectivity index (χ0v) is 18.3. The third kappa shape index (κ3) is 4.98. The van der Waals surface area contributed by atoms with Gasteiger partial charge in [-0.2, -0.15) is 0 Å². The lowest BCUT2D eigenvalue weighted by Gasteiger charge is -2.40. The lowest BCUT2D eigenvalue weighted by molar-refractivity contribution is -0.231. The molecule has 2 aromatic rings. The maximum absolute atomic E-state index is 10.4. The van der Waals surface area contributed by atoms with Crippen LogP contribution in [0.1, 0.15) is 66.4 Å². The minimum absolute atomic E-state index is 0.449. The van der Waals surface area contributed by atoms with Crippen LogP contribution in [0.5, 0.6) is 0 Å². The van der Waals surface area contributed by atoms with Gasteiger partial charge in [0.25, 0.3) is 0 Å². The first-order valence-corrected chi connectivity index (χ1v) is 11.5. The van der Waals surface area contributed by atoms with Crippen molar-refractivity contribution in [2.45, 2.75) is 75.0 Å². The second-order valence-electron chi connectivity index (χ2n) is 8.85. The molecule has 2 fully saturated rings. The highest BCUT2D eigenvalue weighted by atomic mass is 35.5. The molecule has 168 valence electrons. The number of aliphatic hydroxyl groups is 4. The number of aliphatic hydroxyl groups excluding tert-OH is 4. The molecule has 2 aromatic carbocycles. The first-order chi connectivity index (χ1) is 15.0. The molecule has 1 aliphatic heterocycles. The van der Waals surface area contributed by atoms with E-state index in [0.29, 0.717) is 22.9 Å². The lowest BCUT2D eigenvalue weighted by atomic mass is 9.84. The molecule has 0 bridgehead atoms. The Hall–Kier alpha value is -1.47. The first-order valence-electron chi connectivity index (χ1n) is 11.2. The molecule has 1 saturated carbocycles. The topological polar surface area (TPSA) is 90.2 Å². The van der Waals surface area contributed by atoms with Crippen LogP contribution in [0.25, 0.3) is 0 Å². The van der Waals surface area contributed by atoms with Gasteiger partial charge in [0, 0.05) is 5.02 Å². The molecule has 1 saturated heterocycles. The summed E-state index contributed by atoms with van der Waals surface area (Å²) in [5.74, 6) is 0.668. The molecular formula is C25H31ClO5. The Balaban J connectivity index is 1.51. The summed E-state index contributed by atoms with van der Waals surface area (Å²) in [7, 11) is 0. The van der Waals surface area contributed by atoms with Crippen LogP contribution in [0.2, 0.25) is 5.02 Å². The van der Waals surface area contributed by atoms with Crippen molar-refractivity contribution >= 4 is 11.6 Å². The molecule has 1 aliphatic carbocycles. The molecule has 1 unspecified atom stereocenters. The Kier molecular flexibility index (Phi) is 7.32. The lowest BCUT2D eigenvalue weighted by Crippen LogP contribution is -2.55. The van der Waals surface area contributed by atoms with E-state index in [1.54, 1.807) is 12.1 Å². The highest BCUT2D eigenvalue weighted by Gasteiger charge is 2.44. The summed E-state index contributed by atoms with van der Waals surface area (Å²) in [5, 5.41) is 40.6. The molecule has 0 radical (unpaired) electrons. The van der Waals surface area contributed by atoms with Gasteiger partial charge in [-0.25, -0.2) is 0 Å². The van der Waals surface area contributed by atoms with Crippen LogP contribution >= 0.6 is 11.6 Å². The molecule has 31 heavy (non-hydrogen) atoms. The van der Waals surface area contributed by atoms with Gasteiger partial charge in [-0.15, -0.1) is 0 Å². The summed E-state index contributed by atoms with van der Waals surface area (Å²) in [6, 6.07) is 14.1. The van der Waals surface area contributed by atoms with Crippen LogP contribution in [-0.2, 0) is 11.2 Å². The van der Waals surface area contributed by atoms with Gasteiger partial charge in [-0.3, -0.25) is 0 Å². The molecule has 0 aromatic heterocycles. The minimum Gasteiger partial charge on any atom is -0.394 e. The normalized spacial score (nSPS) is 29.8. The molecule has 4 N–H and O–H groups in total. The largest absolute Gasteiger partial charge is 0.394 e. The molecular weight excluding hydrogens is 416 g/mol. The third-order valence-electron chi connectivity index (χ3n) is 6.74. The van der Waals surface area contributed by atoms with Gasteiger partial charge in [-0.1, -0.05) is 67.3 Å². The Morgan fingerprint density at radius 3 is 2.19 bits per heavy atom. The summed E-state index contributed by atoms with van der Waals surface area (Å²) in [5.41, 5.74) is 4.09. The van der Waals surface area contributed by atoms with Crippen molar-refractivity contribution in [1.82, 2.24) is 0 Å². The number of ether oxygens (including phenoxy) is 1. The Labute approximate surface area is 188 Å². The zero-order chi connectivity index (χ0) is 22.0.